The number of nitrogens with one attached hydrogen (secondary N) is 3. The number of sulfonamides is 2. The molecule has 1 aromatic heterocycles. The highest BCUT2D eigenvalue weighted by molar-refractivity contribution is 7.90. The van der Waals surface area contributed by atoms with Crippen molar-refractivity contribution < 1.29 is 16.8 Å². The number of aromatic amines is 1. The van der Waals surface area contributed by atoms with Crippen LogP contribution < -0.4 is 9.44 Å². The maximum atomic E-state index is 12.1. The lowest BCUT2D eigenvalue weighted by Gasteiger charge is -2.07. The van der Waals surface area contributed by atoms with Crippen molar-refractivity contribution in [2.45, 2.75) is 16.3 Å². The van der Waals surface area contributed by atoms with Gasteiger partial charge in [-0.2, -0.15) is 5.10 Å². The molecule has 0 bridgehead atoms. The van der Waals surface area contributed by atoms with E-state index in [1.807, 2.05) is 0 Å². The Morgan fingerprint density at radius 3 is 2.10 bits per heavy atom. The minimum absolute atomic E-state index is 0.00113. The Morgan fingerprint density at radius 1 is 1.05 bits per heavy atom. The van der Waals surface area contributed by atoms with Crippen molar-refractivity contribution in [3.8, 4) is 0 Å². The maximum Gasteiger partial charge on any atom is 0.240 e. The van der Waals surface area contributed by atoms with Crippen LogP contribution in [0.1, 0.15) is 5.56 Å². The van der Waals surface area contributed by atoms with Gasteiger partial charge in [0.1, 0.15) is 0 Å². The number of H-pyrrole nitrogens is 1. The van der Waals surface area contributed by atoms with E-state index >= 15 is 0 Å². The predicted octanol–water partition coefficient (Wildman–Crippen LogP) is -0.204. The van der Waals surface area contributed by atoms with E-state index in [9.17, 15) is 16.8 Å². The molecule has 0 saturated carbocycles. The molecule has 0 unspecified atom stereocenters. The van der Waals surface area contributed by atoms with E-state index in [4.69, 9.17) is 0 Å². The van der Waals surface area contributed by atoms with Crippen LogP contribution >= 0.6 is 0 Å². The van der Waals surface area contributed by atoms with E-state index in [0.29, 0.717) is 5.56 Å². The first-order valence-corrected chi connectivity index (χ1v) is 8.83. The van der Waals surface area contributed by atoms with Crippen molar-refractivity contribution >= 4 is 20.0 Å². The normalized spacial score (nSPS) is 12.4. The largest absolute Gasteiger partial charge is 0.285 e. The number of nitrogens with zero attached hydrogens (tertiary/aromatic N) is 1. The van der Waals surface area contributed by atoms with Crippen LogP contribution in [0.2, 0.25) is 0 Å². The summed E-state index contributed by atoms with van der Waals surface area (Å²) in [6.45, 7) is 0.0927. The van der Waals surface area contributed by atoms with Crippen LogP contribution in [0.3, 0.4) is 0 Å². The molecular formula is C11H14N4O4S2. The summed E-state index contributed by atoms with van der Waals surface area (Å²) in [6.07, 6.45) is 3.08. The van der Waals surface area contributed by atoms with Gasteiger partial charge in [0.05, 0.1) is 16.0 Å². The lowest BCUT2D eigenvalue weighted by atomic mass is 10.4. The van der Waals surface area contributed by atoms with Crippen molar-refractivity contribution in [2.24, 2.45) is 0 Å². The van der Waals surface area contributed by atoms with E-state index in [0.717, 1.165) is 0 Å². The van der Waals surface area contributed by atoms with E-state index in [-0.39, 0.29) is 16.3 Å². The summed E-state index contributed by atoms with van der Waals surface area (Å²) in [7, 11) is -6.01. The first-order chi connectivity index (χ1) is 9.85. The van der Waals surface area contributed by atoms with Gasteiger partial charge in [-0.15, -0.1) is 0 Å². The lowest BCUT2D eigenvalue weighted by Crippen LogP contribution is -2.23. The summed E-state index contributed by atoms with van der Waals surface area (Å²) < 4.78 is 51.8. The molecule has 0 atom stereocenters. The van der Waals surface area contributed by atoms with Gasteiger partial charge in [0.25, 0.3) is 0 Å². The van der Waals surface area contributed by atoms with Gasteiger partial charge in [-0.25, -0.2) is 26.3 Å². The first kappa shape index (κ1) is 15.6. The molecule has 2 rings (SSSR count). The second kappa shape index (κ2) is 5.93. The second-order valence-electron chi connectivity index (χ2n) is 4.11. The number of aromatic nitrogens is 2. The molecule has 10 heteroatoms. The molecule has 0 aliphatic carbocycles. The van der Waals surface area contributed by atoms with Crippen LogP contribution in [-0.4, -0.2) is 34.1 Å². The Kier molecular flexibility index (Phi) is 4.42. The molecule has 8 nitrogen and oxygen atoms in total. The molecule has 1 aromatic carbocycles. The highest BCUT2D eigenvalue weighted by Crippen LogP contribution is 2.14. The Balaban J connectivity index is 2.17. The fourth-order valence-electron chi connectivity index (χ4n) is 1.55. The minimum atomic E-state index is -3.71. The van der Waals surface area contributed by atoms with Gasteiger partial charge >= 0.3 is 0 Å². The summed E-state index contributed by atoms with van der Waals surface area (Å²) in [6, 6.07) is 4.94. The fourth-order valence-corrected chi connectivity index (χ4v) is 3.30. The fraction of sp³-hybridized carbons (Fsp3) is 0.182. The van der Waals surface area contributed by atoms with Crippen LogP contribution in [0.4, 0.5) is 0 Å². The summed E-state index contributed by atoms with van der Waals surface area (Å²) in [4.78, 5) is -0.0140. The molecule has 0 amide bonds. The molecule has 0 spiro atoms. The summed E-state index contributed by atoms with van der Waals surface area (Å²) in [5.41, 5.74) is 0.688. The molecule has 1 heterocycles. The summed E-state index contributed by atoms with van der Waals surface area (Å²) in [5, 5.41) is 6.29. The van der Waals surface area contributed by atoms with Crippen molar-refractivity contribution in [3.05, 3.63) is 42.2 Å². The van der Waals surface area contributed by atoms with E-state index in [2.05, 4.69) is 19.6 Å². The van der Waals surface area contributed by atoms with E-state index < -0.39 is 20.0 Å². The molecule has 2 aromatic rings. The first-order valence-electron chi connectivity index (χ1n) is 5.86. The van der Waals surface area contributed by atoms with Crippen molar-refractivity contribution in [2.75, 3.05) is 7.05 Å². The molecule has 0 saturated heterocycles. The number of benzene rings is 1. The average Bonchev–Trinajstić information content (AvgIpc) is 2.99. The third kappa shape index (κ3) is 3.67. The van der Waals surface area contributed by atoms with Gasteiger partial charge in [0.15, 0.2) is 0 Å². The quantitative estimate of drug-likeness (QED) is 0.677. The van der Waals surface area contributed by atoms with Crippen molar-refractivity contribution in [3.63, 3.8) is 0 Å². The summed E-state index contributed by atoms with van der Waals surface area (Å²) in [5.74, 6) is 0. The van der Waals surface area contributed by atoms with Crippen LogP contribution in [0.25, 0.3) is 0 Å². The van der Waals surface area contributed by atoms with Gasteiger partial charge in [0, 0.05) is 18.3 Å². The van der Waals surface area contributed by atoms with E-state index in [1.165, 1.54) is 37.5 Å². The lowest BCUT2D eigenvalue weighted by molar-refractivity contribution is 0.579. The Morgan fingerprint density at radius 2 is 1.62 bits per heavy atom. The summed E-state index contributed by atoms with van der Waals surface area (Å²) >= 11 is 0. The molecule has 0 aliphatic rings. The van der Waals surface area contributed by atoms with Gasteiger partial charge < -0.3 is 0 Å². The predicted molar refractivity (Wildman–Crippen MR) is 75.3 cm³/mol. The molecule has 0 aliphatic heterocycles. The van der Waals surface area contributed by atoms with Crippen molar-refractivity contribution in [1.82, 2.24) is 19.6 Å². The average molecular weight is 330 g/mol. The van der Waals surface area contributed by atoms with Crippen molar-refractivity contribution in [1.29, 1.82) is 0 Å². The van der Waals surface area contributed by atoms with Crippen LogP contribution in [0.15, 0.2) is 46.5 Å². The van der Waals surface area contributed by atoms with Gasteiger partial charge in [-0.3, -0.25) is 5.10 Å². The molecular weight excluding hydrogens is 316 g/mol. The Hall–Kier alpha value is -1.75. The highest BCUT2D eigenvalue weighted by atomic mass is 32.2. The number of rotatable bonds is 6. The maximum absolute atomic E-state index is 12.1. The number of hydrogen-bond donors (Lipinski definition) is 3. The Bertz CT molecular complexity index is 796. The van der Waals surface area contributed by atoms with Gasteiger partial charge in [0.2, 0.25) is 20.0 Å². The topological polar surface area (TPSA) is 121 Å². The molecule has 3 N–H and O–H groups in total. The third-order valence-corrected chi connectivity index (χ3v) is 5.58. The zero-order chi connectivity index (χ0) is 15.5. The zero-order valence-electron chi connectivity index (χ0n) is 11.1. The third-order valence-electron chi connectivity index (χ3n) is 2.73. The van der Waals surface area contributed by atoms with Crippen LogP contribution in [0, 0.1) is 0 Å². The molecule has 0 radical (unpaired) electrons. The van der Waals surface area contributed by atoms with Crippen LogP contribution in [-0.2, 0) is 26.6 Å². The number of hydrogen-bond acceptors (Lipinski definition) is 5. The van der Waals surface area contributed by atoms with Crippen LogP contribution in [0.5, 0.6) is 0 Å². The molecule has 0 fully saturated rings. The monoisotopic (exact) mass is 330 g/mol. The van der Waals surface area contributed by atoms with Gasteiger partial charge in [-0.05, 0) is 31.3 Å². The minimum Gasteiger partial charge on any atom is -0.285 e. The molecule has 21 heavy (non-hydrogen) atoms. The zero-order valence-corrected chi connectivity index (χ0v) is 12.7. The second-order valence-corrected chi connectivity index (χ2v) is 7.76. The van der Waals surface area contributed by atoms with E-state index in [1.54, 1.807) is 6.20 Å². The SMILES string of the molecule is CNS(=O)(=O)c1ccc(S(=O)(=O)NCc2cn[nH]c2)cc1. The smallest absolute Gasteiger partial charge is 0.240 e. The highest BCUT2D eigenvalue weighted by Gasteiger charge is 2.16. The standard InChI is InChI=1S/C11H14N4O4S2/c1-12-20(16,17)10-2-4-11(5-3-10)21(18,19)15-8-9-6-13-14-7-9/h2-7,12,15H,8H2,1H3,(H,13,14). The van der Waals surface area contributed by atoms with Gasteiger partial charge in [-0.1, -0.05) is 0 Å². The molecule has 114 valence electrons. The Labute approximate surface area is 122 Å².